The average molecular weight is 485 g/mol. The van der Waals surface area contributed by atoms with Crippen molar-refractivity contribution < 1.29 is 23.1 Å². The molecular weight excluding hydrogens is 470 g/mol. The third-order valence-corrected chi connectivity index (χ3v) is 5.57. The van der Waals surface area contributed by atoms with Gasteiger partial charge in [0.25, 0.3) is 5.91 Å². The zero-order valence-electron chi connectivity index (χ0n) is 16.8. The summed E-state index contributed by atoms with van der Waals surface area (Å²) in [6.45, 7) is -0.395. The lowest BCUT2D eigenvalue weighted by Gasteiger charge is -2.12. The summed E-state index contributed by atoms with van der Waals surface area (Å²) in [6.07, 6.45) is 1.72. The van der Waals surface area contributed by atoms with Gasteiger partial charge in [-0.25, -0.2) is 13.8 Å². The fourth-order valence-corrected chi connectivity index (χ4v) is 3.87. The Morgan fingerprint density at radius 1 is 1.00 bits per heavy atom. The van der Waals surface area contributed by atoms with Crippen LogP contribution >= 0.6 is 22.9 Å². The van der Waals surface area contributed by atoms with E-state index in [1.165, 1.54) is 29.5 Å². The zero-order valence-corrected chi connectivity index (χ0v) is 18.4. The molecule has 5 nitrogen and oxygen atoms in total. The van der Waals surface area contributed by atoms with Crippen LogP contribution in [0.5, 0.6) is 5.75 Å². The zero-order chi connectivity index (χ0) is 23.4. The number of ether oxygens (including phenoxy) is 1. The van der Waals surface area contributed by atoms with Gasteiger partial charge >= 0.3 is 0 Å². The Morgan fingerprint density at radius 2 is 1.73 bits per heavy atom. The van der Waals surface area contributed by atoms with Crippen molar-refractivity contribution >= 4 is 40.3 Å². The number of anilines is 1. The van der Waals surface area contributed by atoms with Gasteiger partial charge in [-0.05, 0) is 54.6 Å². The van der Waals surface area contributed by atoms with E-state index in [0.717, 1.165) is 22.7 Å². The van der Waals surface area contributed by atoms with Crippen LogP contribution in [0, 0.1) is 11.6 Å². The Kier molecular flexibility index (Phi) is 6.76. The number of nitrogens with one attached hydrogen (secondary N) is 1. The molecule has 0 saturated carbocycles. The minimum atomic E-state index is -0.886. The van der Waals surface area contributed by atoms with Crippen LogP contribution < -0.4 is 10.1 Å². The Labute approximate surface area is 196 Å². The van der Waals surface area contributed by atoms with Crippen LogP contribution in [-0.2, 0) is 4.79 Å². The lowest BCUT2D eigenvalue weighted by molar-refractivity contribution is -0.118. The Balaban J connectivity index is 1.45. The largest absolute Gasteiger partial charge is 0.483 e. The van der Waals surface area contributed by atoms with Gasteiger partial charge in [0.1, 0.15) is 22.4 Å². The van der Waals surface area contributed by atoms with Crippen molar-refractivity contribution in [3.8, 4) is 16.3 Å². The highest BCUT2D eigenvalue weighted by Gasteiger charge is 2.18. The van der Waals surface area contributed by atoms with Crippen LogP contribution in [0.3, 0.4) is 0 Å². The van der Waals surface area contributed by atoms with Gasteiger partial charge in [0.2, 0.25) is 0 Å². The van der Waals surface area contributed by atoms with Crippen LogP contribution in [-0.4, -0.2) is 23.3 Å². The molecule has 166 valence electrons. The van der Waals surface area contributed by atoms with E-state index in [-0.39, 0.29) is 21.9 Å². The highest BCUT2D eigenvalue weighted by Crippen LogP contribution is 2.27. The van der Waals surface area contributed by atoms with Gasteiger partial charge in [0, 0.05) is 39.5 Å². The molecule has 1 aromatic heterocycles. The molecule has 0 bridgehead atoms. The molecule has 1 heterocycles. The predicted molar refractivity (Wildman–Crippen MR) is 123 cm³/mol. The van der Waals surface area contributed by atoms with Gasteiger partial charge < -0.3 is 10.1 Å². The molecule has 3 aromatic carbocycles. The van der Waals surface area contributed by atoms with E-state index in [0.29, 0.717) is 11.8 Å². The number of benzene rings is 3. The van der Waals surface area contributed by atoms with Gasteiger partial charge in [-0.3, -0.25) is 9.59 Å². The molecule has 0 aliphatic carbocycles. The van der Waals surface area contributed by atoms with Crippen molar-refractivity contribution in [2.24, 2.45) is 0 Å². The number of hydrogen-bond donors (Lipinski definition) is 1. The molecule has 4 rings (SSSR count). The molecule has 9 heteroatoms. The van der Waals surface area contributed by atoms with Crippen molar-refractivity contribution in [2.45, 2.75) is 0 Å². The molecule has 0 spiro atoms. The summed E-state index contributed by atoms with van der Waals surface area (Å²) in [7, 11) is 0. The quantitative estimate of drug-likeness (QED) is 0.327. The minimum Gasteiger partial charge on any atom is -0.483 e. The predicted octanol–water partition coefficient (Wildman–Crippen LogP) is 5.99. The van der Waals surface area contributed by atoms with Gasteiger partial charge in [0.15, 0.2) is 12.4 Å². The summed E-state index contributed by atoms with van der Waals surface area (Å²) in [5, 5.41) is 5.68. The third-order valence-electron chi connectivity index (χ3n) is 4.52. The van der Waals surface area contributed by atoms with Crippen molar-refractivity contribution in [1.29, 1.82) is 0 Å². The van der Waals surface area contributed by atoms with Crippen LogP contribution in [0.4, 0.5) is 14.5 Å². The van der Waals surface area contributed by atoms with E-state index in [2.05, 4.69) is 10.3 Å². The molecule has 1 N–H and O–H groups in total. The summed E-state index contributed by atoms with van der Waals surface area (Å²) in [5.74, 6) is -2.86. The number of ketones is 1. The molecule has 0 aliphatic rings. The highest BCUT2D eigenvalue weighted by atomic mass is 35.5. The average Bonchev–Trinajstić information content (AvgIpc) is 3.32. The van der Waals surface area contributed by atoms with Gasteiger partial charge in [-0.1, -0.05) is 11.6 Å². The fraction of sp³-hybridized carbons (Fsp3) is 0.0417. The maximum Gasteiger partial charge on any atom is 0.262 e. The van der Waals surface area contributed by atoms with Crippen LogP contribution in [0.15, 0.2) is 72.2 Å². The first-order chi connectivity index (χ1) is 15.9. The van der Waals surface area contributed by atoms with Crippen molar-refractivity contribution in [2.75, 3.05) is 11.9 Å². The number of rotatable bonds is 7. The molecule has 0 fully saturated rings. The topological polar surface area (TPSA) is 68.3 Å². The number of aromatic nitrogens is 1. The molecule has 1 amide bonds. The number of thiazole rings is 1. The number of carbonyl (C=O) groups excluding carboxylic acids is 2. The lowest BCUT2D eigenvalue weighted by Crippen LogP contribution is -2.21. The van der Waals surface area contributed by atoms with E-state index in [1.807, 2.05) is 17.5 Å². The second kappa shape index (κ2) is 9.89. The lowest BCUT2D eigenvalue weighted by atomic mass is 10.0. The first kappa shape index (κ1) is 22.6. The van der Waals surface area contributed by atoms with Crippen molar-refractivity contribution in [3.05, 3.63) is 100 Å². The molecule has 0 atom stereocenters. The number of nitrogens with zero attached hydrogens (tertiary/aromatic N) is 1. The maximum atomic E-state index is 13.5. The summed E-state index contributed by atoms with van der Waals surface area (Å²) >= 11 is 7.50. The van der Waals surface area contributed by atoms with Crippen LogP contribution in [0.1, 0.15) is 15.9 Å². The van der Waals surface area contributed by atoms with E-state index < -0.39 is 29.9 Å². The maximum absolute atomic E-state index is 13.5. The standard InChI is InChI=1S/C24H15ClF2N2O3S/c25-16-3-6-21(20(11-16)23(31)15-9-17(26)12-18(27)10-15)32-13-22(30)29-19-4-1-14(2-5-19)24-28-7-8-33-24/h1-12H,13H2,(H,29,30). The number of halogens is 3. The van der Waals surface area contributed by atoms with Gasteiger partial charge in [-0.15, -0.1) is 11.3 Å². The molecular formula is C24H15ClF2N2O3S. The van der Waals surface area contributed by atoms with Crippen LogP contribution in [0.2, 0.25) is 5.02 Å². The Hall–Kier alpha value is -3.62. The summed E-state index contributed by atoms with van der Waals surface area (Å²) in [6, 6.07) is 13.9. The number of amides is 1. The molecule has 0 saturated heterocycles. The smallest absolute Gasteiger partial charge is 0.262 e. The molecule has 4 aromatic rings. The SMILES string of the molecule is O=C(COc1ccc(Cl)cc1C(=O)c1cc(F)cc(F)c1)Nc1ccc(-c2nccs2)cc1. The van der Waals surface area contributed by atoms with E-state index in [4.69, 9.17) is 16.3 Å². The first-order valence-electron chi connectivity index (χ1n) is 9.62. The second-order valence-electron chi connectivity index (χ2n) is 6.88. The Bertz CT molecular complexity index is 1290. The van der Waals surface area contributed by atoms with E-state index in [1.54, 1.807) is 18.3 Å². The third kappa shape index (κ3) is 5.60. The van der Waals surface area contributed by atoms with Crippen molar-refractivity contribution in [3.63, 3.8) is 0 Å². The summed E-state index contributed by atoms with van der Waals surface area (Å²) in [4.78, 5) is 29.4. The van der Waals surface area contributed by atoms with E-state index in [9.17, 15) is 18.4 Å². The minimum absolute atomic E-state index is 0.0203. The highest BCUT2D eigenvalue weighted by molar-refractivity contribution is 7.13. The Morgan fingerprint density at radius 3 is 2.39 bits per heavy atom. The number of carbonyl (C=O) groups is 2. The first-order valence-corrected chi connectivity index (χ1v) is 10.9. The molecule has 33 heavy (non-hydrogen) atoms. The summed E-state index contributed by atoms with van der Waals surface area (Å²) in [5.41, 5.74) is 1.27. The second-order valence-corrected chi connectivity index (χ2v) is 8.21. The molecule has 0 aliphatic heterocycles. The van der Waals surface area contributed by atoms with Gasteiger partial charge in [-0.2, -0.15) is 0 Å². The normalized spacial score (nSPS) is 10.6. The summed E-state index contributed by atoms with van der Waals surface area (Å²) < 4.78 is 32.6. The number of hydrogen-bond acceptors (Lipinski definition) is 5. The van der Waals surface area contributed by atoms with Crippen molar-refractivity contribution in [1.82, 2.24) is 4.98 Å². The monoisotopic (exact) mass is 484 g/mol. The molecule has 0 unspecified atom stereocenters. The fourth-order valence-electron chi connectivity index (χ4n) is 3.05. The van der Waals surface area contributed by atoms with E-state index >= 15 is 0 Å². The molecule has 0 radical (unpaired) electrons. The van der Waals surface area contributed by atoms with Gasteiger partial charge in [0.05, 0.1) is 5.56 Å². The van der Waals surface area contributed by atoms with Crippen LogP contribution in [0.25, 0.3) is 10.6 Å².